The zero-order chi connectivity index (χ0) is 14.4. The van der Waals surface area contributed by atoms with Gasteiger partial charge < -0.3 is 11.1 Å². The van der Waals surface area contributed by atoms with Crippen molar-refractivity contribution in [1.82, 2.24) is 0 Å². The fourth-order valence-corrected chi connectivity index (χ4v) is 1.84. The minimum absolute atomic E-state index is 0.494. The number of rotatable bonds is 4. The number of hydrogen-bond donors (Lipinski definition) is 2. The summed E-state index contributed by atoms with van der Waals surface area (Å²) in [6.07, 6.45) is 5.36. The number of aryl methyl sites for hydroxylation is 1. The van der Waals surface area contributed by atoms with Crippen molar-refractivity contribution >= 4 is 11.8 Å². The van der Waals surface area contributed by atoms with Gasteiger partial charge in [0.15, 0.2) is 0 Å². The molecule has 2 nitrogen and oxygen atoms in total. The van der Waals surface area contributed by atoms with Crippen LogP contribution in [0.2, 0.25) is 0 Å². The van der Waals surface area contributed by atoms with Crippen molar-refractivity contribution in [2.24, 2.45) is 5.73 Å². The standard InChI is InChI=1S/C17H22N2/c1-12(2)9-15(10-14(4)17(19)11-18)16-8-6-5-7-13(16)3/h5-11,18H,19H2,1-4H3/b15-10+,17-14-,18-11?. The van der Waals surface area contributed by atoms with E-state index in [1.54, 1.807) is 0 Å². The van der Waals surface area contributed by atoms with Crippen LogP contribution in [0, 0.1) is 12.3 Å². The normalized spacial score (nSPS) is 12.7. The summed E-state index contributed by atoms with van der Waals surface area (Å²) in [4.78, 5) is 0. The van der Waals surface area contributed by atoms with Crippen molar-refractivity contribution in [1.29, 1.82) is 5.41 Å². The van der Waals surface area contributed by atoms with E-state index in [4.69, 9.17) is 11.1 Å². The molecule has 0 heterocycles. The van der Waals surface area contributed by atoms with Crippen LogP contribution in [0.15, 0.2) is 53.3 Å². The van der Waals surface area contributed by atoms with Crippen LogP contribution >= 0.6 is 0 Å². The van der Waals surface area contributed by atoms with Crippen LogP contribution in [0.3, 0.4) is 0 Å². The predicted octanol–water partition coefficient (Wildman–Crippen LogP) is 4.23. The number of benzene rings is 1. The highest BCUT2D eigenvalue weighted by Gasteiger charge is 2.03. The van der Waals surface area contributed by atoms with Gasteiger partial charge in [0.1, 0.15) is 0 Å². The average molecular weight is 254 g/mol. The smallest absolute Gasteiger partial charge is 0.0522 e. The summed E-state index contributed by atoms with van der Waals surface area (Å²) in [6.45, 7) is 8.18. The molecular weight excluding hydrogens is 232 g/mol. The second-order valence-corrected chi connectivity index (χ2v) is 4.92. The first-order chi connectivity index (χ1) is 8.95. The molecule has 0 saturated heterocycles. The second-order valence-electron chi connectivity index (χ2n) is 4.92. The Balaban J connectivity index is 3.40. The Bertz CT molecular complexity index is 556. The Hall–Kier alpha value is -2.09. The molecule has 0 aromatic heterocycles. The molecular formula is C17H22N2. The predicted molar refractivity (Wildman–Crippen MR) is 84.3 cm³/mol. The summed E-state index contributed by atoms with van der Waals surface area (Å²) < 4.78 is 0. The van der Waals surface area contributed by atoms with Gasteiger partial charge in [0.25, 0.3) is 0 Å². The fraction of sp³-hybridized carbons (Fsp3) is 0.235. The molecule has 0 bridgehead atoms. The summed E-state index contributed by atoms with van der Waals surface area (Å²) in [5.74, 6) is 0. The van der Waals surface area contributed by atoms with Crippen molar-refractivity contribution in [3.63, 3.8) is 0 Å². The summed E-state index contributed by atoms with van der Waals surface area (Å²) in [5.41, 5.74) is 12.0. The molecule has 0 spiro atoms. The lowest BCUT2D eigenvalue weighted by atomic mass is 9.97. The molecule has 1 rings (SSSR count). The third-order valence-electron chi connectivity index (χ3n) is 2.88. The molecule has 0 amide bonds. The van der Waals surface area contributed by atoms with Gasteiger partial charge in [0.05, 0.1) is 5.70 Å². The zero-order valence-corrected chi connectivity index (χ0v) is 12.1. The highest BCUT2D eigenvalue weighted by molar-refractivity contribution is 5.82. The van der Waals surface area contributed by atoms with Crippen molar-refractivity contribution in [3.05, 3.63) is 64.4 Å². The third-order valence-corrected chi connectivity index (χ3v) is 2.88. The van der Waals surface area contributed by atoms with Gasteiger partial charge in [0.2, 0.25) is 0 Å². The minimum Gasteiger partial charge on any atom is -0.397 e. The van der Waals surface area contributed by atoms with Crippen LogP contribution in [-0.2, 0) is 0 Å². The Morgan fingerprint density at radius 2 is 1.74 bits per heavy atom. The number of nitrogens with one attached hydrogen (secondary N) is 1. The molecule has 1 aromatic carbocycles. The van der Waals surface area contributed by atoms with E-state index in [0.29, 0.717) is 5.70 Å². The van der Waals surface area contributed by atoms with Crippen LogP contribution in [0.5, 0.6) is 0 Å². The Morgan fingerprint density at radius 1 is 1.11 bits per heavy atom. The first-order valence-corrected chi connectivity index (χ1v) is 6.35. The lowest BCUT2D eigenvalue weighted by Gasteiger charge is -2.09. The molecule has 0 fully saturated rings. The van der Waals surface area contributed by atoms with Gasteiger partial charge in [-0.1, -0.05) is 35.9 Å². The monoisotopic (exact) mass is 254 g/mol. The van der Waals surface area contributed by atoms with E-state index in [-0.39, 0.29) is 0 Å². The van der Waals surface area contributed by atoms with Crippen LogP contribution in [-0.4, -0.2) is 6.21 Å². The molecule has 0 atom stereocenters. The molecule has 0 radical (unpaired) electrons. The van der Waals surface area contributed by atoms with E-state index in [1.165, 1.54) is 22.9 Å². The molecule has 0 aliphatic carbocycles. The molecule has 0 aliphatic rings. The van der Waals surface area contributed by atoms with Crippen molar-refractivity contribution in [2.45, 2.75) is 27.7 Å². The fourth-order valence-electron chi connectivity index (χ4n) is 1.84. The maximum atomic E-state index is 7.22. The van der Waals surface area contributed by atoms with Gasteiger partial charge in [-0.3, -0.25) is 0 Å². The van der Waals surface area contributed by atoms with Gasteiger partial charge in [-0.25, -0.2) is 0 Å². The van der Waals surface area contributed by atoms with Crippen molar-refractivity contribution in [3.8, 4) is 0 Å². The largest absolute Gasteiger partial charge is 0.397 e. The molecule has 2 heteroatoms. The average Bonchev–Trinajstić information content (AvgIpc) is 2.37. The van der Waals surface area contributed by atoms with Crippen LogP contribution in [0.25, 0.3) is 5.57 Å². The first kappa shape index (κ1) is 15.0. The molecule has 1 aromatic rings. The van der Waals surface area contributed by atoms with Gasteiger partial charge in [0, 0.05) is 6.21 Å². The highest BCUT2D eigenvalue weighted by atomic mass is 14.6. The maximum Gasteiger partial charge on any atom is 0.0522 e. The van der Waals surface area contributed by atoms with E-state index in [0.717, 1.165) is 11.1 Å². The number of hydrogen-bond acceptors (Lipinski definition) is 2. The van der Waals surface area contributed by atoms with E-state index in [1.807, 2.05) is 25.1 Å². The van der Waals surface area contributed by atoms with Crippen LogP contribution in [0.4, 0.5) is 0 Å². The minimum atomic E-state index is 0.494. The molecule has 19 heavy (non-hydrogen) atoms. The molecule has 100 valence electrons. The molecule has 0 aliphatic heterocycles. The second kappa shape index (κ2) is 6.74. The van der Waals surface area contributed by atoms with E-state index < -0.39 is 0 Å². The maximum absolute atomic E-state index is 7.22. The van der Waals surface area contributed by atoms with E-state index in [2.05, 4.69) is 39.0 Å². The number of allylic oxidation sites excluding steroid dienone is 6. The topological polar surface area (TPSA) is 49.9 Å². The number of nitrogens with two attached hydrogens (primary N) is 1. The van der Waals surface area contributed by atoms with Crippen LogP contribution in [0.1, 0.15) is 31.9 Å². The van der Waals surface area contributed by atoms with Gasteiger partial charge in [-0.05, 0) is 56.0 Å². The molecule has 3 N–H and O–H groups in total. The Morgan fingerprint density at radius 3 is 2.26 bits per heavy atom. The van der Waals surface area contributed by atoms with Gasteiger partial charge >= 0.3 is 0 Å². The Labute approximate surface area is 115 Å². The van der Waals surface area contributed by atoms with Gasteiger partial charge in [-0.2, -0.15) is 0 Å². The van der Waals surface area contributed by atoms with Gasteiger partial charge in [-0.15, -0.1) is 0 Å². The van der Waals surface area contributed by atoms with Crippen molar-refractivity contribution in [2.75, 3.05) is 0 Å². The van der Waals surface area contributed by atoms with E-state index in [9.17, 15) is 0 Å². The summed E-state index contributed by atoms with van der Waals surface area (Å²) >= 11 is 0. The lowest BCUT2D eigenvalue weighted by Crippen LogP contribution is -2.00. The summed E-state index contributed by atoms with van der Waals surface area (Å²) in [5, 5.41) is 7.22. The highest BCUT2D eigenvalue weighted by Crippen LogP contribution is 2.23. The van der Waals surface area contributed by atoms with Crippen LogP contribution < -0.4 is 5.73 Å². The molecule has 0 unspecified atom stereocenters. The first-order valence-electron chi connectivity index (χ1n) is 6.35. The zero-order valence-electron chi connectivity index (χ0n) is 12.1. The summed E-state index contributed by atoms with van der Waals surface area (Å²) in [7, 11) is 0. The SMILES string of the molecule is CC(C)=C/C(=C\C(C)=C(/N)C=N)c1ccccc1C. The van der Waals surface area contributed by atoms with E-state index >= 15 is 0 Å². The summed E-state index contributed by atoms with van der Waals surface area (Å²) in [6, 6.07) is 8.27. The third kappa shape index (κ3) is 4.25. The quantitative estimate of drug-likeness (QED) is 0.613. The molecule has 0 saturated carbocycles. The lowest BCUT2D eigenvalue weighted by molar-refractivity contribution is 1.34. The Kier molecular flexibility index (Phi) is 5.31. The van der Waals surface area contributed by atoms with Crippen molar-refractivity contribution < 1.29 is 0 Å².